The van der Waals surface area contributed by atoms with Crippen molar-refractivity contribution in [3.05, 3.63) is 0 Å². The molecule has 0 spiro atoms. The van der Waals surface area contributed by atoms with Crippen LogP contribution < -0.4 is 5.73 Å². The van der Waals surface area contributed by atoms with Crippen molar-refractivity contribution < 1.29 is 0 Å². The van der Waals surface area contributed by atoms with Gasteiger partial charge in [0, 0.05) is 5.54 Å². The van der Waals surface area contributed by atoms with Crippen molar-refractivity contribution in [2.75, 3.05) is 0 Å². The fraction of sp³-hybridized carbons (Fsp3) is 1.00. The van der Waals surface area contributed by atoms with E-state index in [4.69, 9.17) is 5.73 Å². The molecule has 1 fully saturated rings. The molecule has 1 aliphatic rings. The van der Waals surface area contributed by atoms with Crippen molar-refractivity contribution in [3.63, 3.8) is 0 Å². The van der Waals surface area contributed by atoms with E-state index in [0.29, 0.717) is 5.92 Å². The molecule has 0 saturated heterocycles. The molecule has 0 aromatic carbocycles. The fourth-order valence-corrected chi connectivity index (χ4v) is 2.39. The zero-order chi connectivity index (χ0) is 10.8. The molecule has 2 N–H and O–H groups in total. The minimum absolute atomic E-state index is 0.0469. The lowest BCUT2D eigenvalue weighted by Gasteiger charge is -2.36. The smallest absolute Gasteiger partial charge is 0.0151 e. The van der Waals surface area contributed by atoms with Gasteiger partial charge in [-0.25, -0.2) is 0 Å². The Kier molecular flexibility index (Phi) is 4.00. The second-order valence-corrected chi connectivity index (χ2v) is 5.99. The second-order valence-electron chi connectivity index (χ2n) is 5.99. The van der Waals surface area contributed by atoms with Gasteiger partial charge < -0.3 is 5.73 Å². The Balaban J connectivity index is 2.37. The van der Waals surface area contributed by atoms with Crippen molar-refractivity contribution in [1.82, 2.24) is 0 Å². The van der Waals surface area contributed by atoms with Crippen molar-refractivity contribution in [3.8, 4) is 0 Å². The summed E-state index contributed by atoms with van der Waals surface area (Å²) in [6.07, 6.45) is 6.86. The maximum Gasteiger partial charge on any atom is 0.0151 e. The van der Waals surface area contributed by atoms with Gasteiger partial charge in [0.1, 0.15) is 0 Å². The predicted octanol–water partition coefficient (Wildman–Crippen LogP) is 3.58. The molecule has 1 atom stereocenters. The maximum atomic E-state index is 6.33. The van der Waals surface area contributed by atoms with E-state index in [-0.39, 0.29) is 5.54 Å². The summed E-state index contributed by atoms with van der Waals surface area (Å²) in [4.78, 5) is 0. The summed E-state index contributed by atoms with van der Waals surface area (Å²) >= 11 is 0. The Morgan fingerprint density at radius 3 is 2.14 bits per heavy atom. The van der Waals surface area contributed by atoms with Gasteiger partial charge in [0.25, 0.3) is 0 Å². The number of rotatable bonds is 3. The first-order valence-corrected chi connectivity index (χ1v) is 6.20. The molecular weight excluding hydrogens is 170 g/mol. The SMILES string of the molecule is CC1CCC(CC(C)(N)C(C)C)CC1. The van der Waals surface area contributed by atoms with Crippen LogP contribution in [0.3, 0.4) is 0 Å². The summed E-state index contributed by atoms with van der Waals surface area (Å²) in [6, 6.07) is 0. The molecule has 84 valence electrons. The number of hydrogen-bond acceptors (Lipinski definition) is 1. The van der Waals surface area contributed by atoms with Gasteiger partial charge in [-0.1, -0.05) is 46.5 Å². The van der Waals surface area contributed by atoms with Crippen LogP contribution in [0.25, 0.3) is 0 Å². The lowest BCUT2D eigenvalue weighted by Crippen LogP contribution is -2.43. The summed E-state index contributed by atoms with van der Waals surface area (Å²) in [5, 5.41) is 0. The van der Waals surface area contributed by atoms with Gasteiger partial charge in [-0.15, -0.1) is 0 Å². The van der Waals surface area contributed by atoms with E-state index in [0.717, 1.165) is 11.8 Å². The summed E-state index contributed by atoms with van der Waals surface area (Å²) < 4.78 is 0. The molecule has 14 heavy (non-hydrogen) atoms. The first-order valence-electron chi connectivity index (χ1n) is 6.20. The largest absolute Gasteiger partial charge is 0.325 e. The van der Waals surface area contributed by atoms with Crippen molar-refractivity contribution in [2.45, 2.75) is 65.3 Å². The summed E-state index contributed by atoms with van der Waals surface area (Å²) in [6.45, 7) is 9.08. The van der Waals surface area contributed by atoms with Gasteiger partial charge in [-0.2, -0.15) is 0 Å². The van der Waals surface area contributed by atoms with Crippen LogP contribution in [0, 0.1) is 17.8 Å². The molecule has 1 rings (SSSR count). The molecule has 0 amide bonds. The van der Waals surface area contributed by atoms with E-state index in [1.54, 1.807) is 0 Å². The van der Waals surface area contributed by atoms with Gasteiger partial charge in [0.2, 0.25) is 0 Å². The minimum Gasteiger partial charge on any atom is -0.325 e. The van der Waals surface area contributed by atoms with E-state index < -0.39 is 0 Å². The third kappa shape index (κ3) is 3.27. The average Bonchev–Trinajstić information content (AvgIpc) is 2.08. The van der Waals surface area contributed by atoms with Crippen molar-refractivity contribution >= 4 is 0 Å². The summed E-state index contributed by atoms with van der Waals surface area (Å²) in [5.41, 5.74) is 6.37. The van der Waals surface area contributed by atoms with Crippen molar-refractivity contribution in [1.29, 1.82) is 0 Å². The van der Waals surface area contributed by atoms with Crippen LogP contribution in [0.5, 0.6) is 0 Å². The van der Waals surface area contributed by atoms with E-state index in [1.165, 1.54) is 32.1 Å². The van der Waals surface area contributed by atoms with Crippen LogP contribution in [-0.2, 0) is 0 Å². The van der Waals surface area contributed by atoms with Gasteiger partial charge in [0.05, 0.1) is 0 Å². The van der Waals surface area contributed by atoms with E-state index in [9.17, 15) is 0 Å². The molecule has 0 aromatic heterocycles. The monoisotopic (exact) mass is 197 g/mol. The molecule has 1 aliphatic carbocycles. The lowest BCUT2D eigenvalue weighted by molar-refractivity contribution is 0.203. The minimum atomic E-state index is 0.0469. The zero-order valence-corrected chi connectivity index (χ0v) is 10.3. The molecule has 0 bridgehead atoms. The fourth-order valence-electron chi connectivity index (χ4n) is 2.39. The van der Waals surface area contributed by atoms with Gasteiger partial charge >= 0.3 is 0 Å². The highest BCUT2D eigenvalue weighted by Crippen LogP contribution is 2.34. The molecule has 0 heterocycles. The summed E-state index contributed by atoms with van der Waals surface area (Å²) in [5.74, 6) is 2.44. The predicted molar refractivity (Wildman–Crippen MR) is 63.2 cm³/mol. The summed E-state index contributed by atoms with van der Waals surface area (Å²) in [7, 11) is 0. The van der Waals surface area contributed by atoms with Crippen LogP contribution in [0.1, 0.15) is 59.8 Å². The van der Waals surface area contributed by atoms with Crippen LogP contribution in [0.4, 0.5) is 0 Å². The Morgan fingerprint density at radius 1 is 1.21 bits per heavy atom. The van der Waals surface area contributed by atoms with E-state index >= 15 is 0 Å². The third-order valence-corrected chi connectivity index (χ3v) is 4.18. The van der Waals surface area contributed by atoms with Gasteiger partial charge in [-0.05, 0) is 31.1 Å². The van der Waals surface area contributed by atoms with Gasteiger partial charge in [0.15, 0.2) is 0 Å². The maximum absolute atomic E-state index is 6.33. The molecule has 0 aliphatic heterocycles. The number of hydrogen-bond donors (Lipinski definition) is 1. The zero-order valence-electron chi connectivity index (χ0n) is 10.3. The van der Waals surface area contributed by atoms with Crippen LogP contribution >= 0.6 is 0 Å². The Bertz CT molecular complexity index is 164. The van der Waals surface area contributed by atoms with E-state index in [1.807, 2.05) is 0 Å². The van der Waals surface area contributed by atoms with Crippen LogP contribution in [0.2, 0.25) is 0 Å². The topological polar surface area (TPSA) is 26.0 Å². The molecule has 1 heteroatoms. The third-order valence-electron chi connectivity index (χ3n) is 4.18. The molecule has 1 nitrogen and oxygen atoms in total. The van der Waals surface area contributed by atoms with Gasteiger partial charge in [-0.3, -0.25) is 0 Å². The highest BCUT2D eigenvalue weighted by Gasteiger charge is 2.28. The van der Waals surface area contributed by atoms with Crippen LogP contribution in [0.15, 0.2) is 0 Å². The Morgan fingerprint density at radius 2 is 1.71 bits per heavy atom. The molecule has 0 aromatic rings. The van der Waals surface area contributed by atoms with Crippen molar-refractivity contribution in [2.24, 2.45) is 23.5 Å². The second kappa shape index (κ2) is 4.65. The number of nitrogens with two attached hydrogens (primary N) is 1. The first-order chi connectivity index (χ1) is 6.42. The lowest BCUT2D eigenvalue weighted by atomic mass is 9.74. The van der Waals surface area contributed by atoms with Crippen LogP contribution in [-0.4, -0.2) is 5.54 Å². The molecule has 1 saturated carbocycles. The Hall–Kier alpha value is -0.0400. The molecular formula is C13H27N. The average molecular weight is 197 g/mol. The highest BCUT2D eigenvalue weighted by molar-refractivity contribution is 4.86. The quantitative estimate of drug-likeness (QED) is 0.735. The standard InChI is InChI=1S/C13H27N/c1-10(2)13(4,14)9-12-7-5-11(3)6-8-12/h10-12H,5-9,14H2,1-4H3. The molecule has 1 unspecified atom stereocenters. The normalized spacial score (nSPS) is 33.0. The molecule has 0 radical (unpaired) electrons. The van der Waals surface area contributed by atoms with E-state index in [2.05, 4.69) is 27.7 Å². The first kappa shape index (κ1) is 12.0. The Labute approximate surface area is 89.5 Å². The highest BCUT2D eigenvalue weighted by atomic mass is 14.7.